The summed E-state index contributed by atoms with van der Waals surface area (Å²) in [4.78, 5) is 24.2. The molecule has 2 N–H and O–H groups in total. The van der Waals surface area contributed by atoms with E-state index in [9.17, 15) is 9.59 Å². The fourth-order valence-corrected chi connectivity index (χ4v) is 3.46. The summed E-state index contributed by atoms with van der Waals surface area (Å²) >= 11 is 0. The van der Waals surface area contributed by atoms with Crippen molar-refractivity contribution >= 4 is 22.6 Å². The highest BCUT2D eigenvalue weighted by molar-refractivity contribution is 5.91. The third-order valence-electron chi connectivity index (χ3n) is 4.86. The van der Waals surface area contributed by atoms with Gasteiger partial charge in [0.1, 0.15) is 0 Å². The van der Waals surface area contributed by atoms with E-state index in [0.717, 1.165) is 35.8 Å². The van der Waals surface area contributed by atoms with Crippen LogP contribution in [0.15, 0.2) is 42.5 Å². The summed E-state index contributed by atoms with van der Waals surface area (Å²) in [5, 5.41) is 7.81. The van der Waals surface area contributed by atoms with Gasteiger partial charge >= 0.3 is 0 Å². The Hall–Kier alpha value is -2.40. The quantitative estimate of drug-likeness (QED) is 0.837. The smallest absolute Gasteiger partial charge is 0.239 e. The summed E-state index contributed by atoms with van der Waals surface area (Å²) in [7, 11) is 0. The van der Waals surface area contributed by atoms with Gasteiger partial charge in [0.2, 0.25) is 11.8 Å². The molecule has 1 fully saturated rings. The lowest BCUT2D eigenvalue weighted by Gasteiger charge is -2.27. The van der Waals surface area contributed by atoms with Gasteiger partial charge in [0.05, 0.1) is 19.1 Å². The number of carbonyl (C=O) groups is 2. The summed E-state index contributed by atoms with van der Waals surface area (Å²) in [6.45, 7) is 3.47. The number of hydrogen-bond acceptors (Lipinski definition) is 3. The van der Waals surface area contributed by atoms with Crippen LogP contribution in [0.3, 0.4) is 0 Å². The lowest BCUT2D eigenvalue weighted by molar-refractivity contribution is -0.126. The van der Waals surface area contributed by atoms with Crippen LogP contribution in [0.4, 0.5) is 0 Å². The summed E-state index contributed by atoms with van der Waals surface area (Å²) in [5.41, 5.74) is 0.970. The van der Waals surface area contributed by atoms with Crippen molar-refractivity contribution in [3.8, 4) is 0 Å². The number of carbonyl (C=O) groups excluding carboxylic acids is 2. The van der Waals surface area contributed by atoms with Gasteiger partial charge in [0.25, 0.3) is 0 Å². The first-order chi connectivity index (χ1) is 12.6. The molecule has 1 heterocycles. The Labute approximate surface area is 154 Å². The van der Waals surface area contributed by atoms with E-state index in [0.29, 0.717) is 12.5 Å². The predicted octanol–water partition coefficient (Wildman–Crippen LogP) is 2.43. The zero-order valence-corrected chi connectivity index (χ0v) is 15.2. The predicted molar refractivity (Wildman–Crippen MR) is 102 cm³/mol. The van der Waals surface area contributed by atoms with Crippen molar-refractivity contribution < 1.29 is 14.3 Å². The van der Waals surface area contributed by atoms with Crippen molar-refractivity contribution in [1.29, 1.82) is 0 Å². The van der Waals surface area contributed by atoms with E-state index in [1.165, 1.54) is 0 Å². The Morgan fingerprint density at radius 2 is 1.88 bits per heavy atom. The van der Waals surface area contributed by atoms with Gasteiger partial charge in [0.15, 0.2) is 0 Å². The van der Waals surface area contributed by atoms with E-state index in [4.69, 9.17) is 4.74 Å². The number of fused-ring (bicyclic) bond motifs is 1. The Morgan fingerprint density at radius 1 is 1.08 bits per heavy atom. The number of benzene rings is 2. The third kappa shape index (κ3) is 5.05. The maximum Gasteiger partial charge on any atom is 0.239 e. The first kappa shape index (κ1) is 18.4. The first-order valence-electron chi connectivity index (χ1n) is 9.23. The average Bonchev–Trinajstić information content (AvgIpc) is 2.65. The molecule has 5 nitrogen and oxygen atoms in total. The van der Waals surface area contributed by atoms with Crippen LogP contribution in [0.1, 0.15) is 25.3 Å². The number of amides is 2. The molecular weight excluding hydrogens is 328 g/mol. The average molecular weight is 354 g/mol. The molecule has 0 unspecified atom stereocenters. The van der Waals surface area contributed by atoms with Gasteiger partial charge in [-0.2, -0.15) is 0 Å². The standard InChI is InChI=1S/C21H26N2O3/c1-15-11-16(9-10-26-15)13-22-21(25)14-23-20(24)12-18-7-4-6-17-5-2-3-8-19(17)18/h2-8,15-16H,9-14H2,1H3,(H,22,25)(H,23,24)/t15-,16-/m1/s1. The SMILES string of the molecule is C[C@@H]1C[C@H](CNC(=O)CNC(=O)Cc2cccc3ccccc23)CCO1. The summed E-state index contributed by atoms with van der Waals surface area (Å²) in [5.74, 6) is 0.167. The van der Waals surface area contributed by atoms with Crippen molar-refractivity contribution in [2.75, 3.05) is 19.7 Å². The lowest BCUT2D eigenvalue weighted by atomic mass is 9.96. The fraction of sp³-hybridized carbons (Fsp3) is 0.429. The molecule has 5 heteroatoms. The van der Waals surface area contributed by atoms with Crippen LogP contribution in [0.25, 0.3) is 10.8 Å². The van der Waals surface area contributed by atoms with Gasteiger partial charge in [0, 0.05) is 13.2 Å². The second-order valence-corrected chi connectivity index (χ2v) is 6.97. The highest BCUT2D eigenvalue weighted by Gasteiger charge is 2.19. The molecule has 3 rings (SSSR count). The topological polar surface area (TPSA) is 67.4 Å². The number of ether oxygens (including phenoxy) is 1. The van der Waals surface area contributed by atoms with Gasteiger partial charge in [-0.15, -0.1) is 0 Å². The minimum Gasteiger partial charge on any atom is -0.378 e. The van der Waals surface area contributed by atoms with E-state index >= 15 is 0 Å². The Morgan fingerprint density at radius 3 is 2.73 bits per heavy atom. The van der Waals surface area contributed by atoms with Crippen molar-refractivity contribution in [3.63, 3.8) is 0 Å². The summed E-state index contributed by atoms with van der Waals surface area (Å²) in [6.07, 6.45) is 2.46. The number of nitrogens with one attached hydrogen (secondary N) is 2. The molecule has 0 saturated carbocycles. The molecule has 0 bridgehead atoms. The highest BCUT2D eigenvalue weighted by atomic mass is 16.5. The molecule has 0 spiro atoms. The fourth-order valence-electron chi connectivity index (χ4n) is 3.46. The zero-order valence-electron chi connectivity index (χ0n) is 15.2. The molecular formula is C21H26N2O3. The maximum absolute atomic E-state index is 12.2. The summed E-state index contributed by atoms with van der Waals surface area (Å²) < 4.78 is 5.51. The summed E-state index contributed by atoms with van der Waals surface area (Å²) in [6, 6.07) is 13.9. The molecule has 138 valence electrons. The molecule has 0 aliphatic carbocycles. The van der Waals surface area contributed by atoms with E-state index in [-0.39, 0.29) is 30.9 Å². The van der Waals surface area contributed by atoms with Gasteiger partial charge < -0.3 is 15.4 Å². The van der Waals surface area contributed by atoms with Crippen molar-refractivity contribution in [3.05, 3.63) is 48.0 Å². The molecule has 0 aromatic heterocycles. The van der Waals surface area contributed by atoms with Crippen LogP contribution in [0, 0.1) is 5.92 Å². The van der Waals surface area contributed by atoms with Gasteiger partial charge in [-0.1, -0.05) is 42.5 Å². The van der Waals surface area contributed by atoms with Gasteiger partial charge in [-0.05, 0) is 42.0 Å². The lowest BCUT2D eigenvalue weighted by Crippen LogP contribution is -2.40. The molecule has 2 aromatic rings. The number of hydrogen-bond donors (Lipinski definition) is 2. The van der Waals surface area contributed by atoms with Crippen LogP contribution in [0.2, 0.25) is 0 Å². The molecule has 0 radical (unpaired) electrons. The largest absolute Gasteiger partial charge is 0.378 e. The second kappa shape index (κ2) is 8.81. The van der Waals surface area contributed by atoms with Crippen LogP contribution in [-0.2, 0) is 20.7 Å². The van der Waals surface area contributed by atoms with Crippen LogP contribution < -0.4 is 10.6 Å². The monoisotopic (exact) mass is 354 g/mol. The zero-order chi connectivity index (χ0) is 18.4. The molecule has 2 amide bonds. The molecule has 2 atom stereocenters. The first-order valence-corrected chi connectivity index (χ1v) is 9.23. The van der Waals surface area contributed by atoms with E-state index in [1.54, 1.807) is 0 Å². The van der Waals surface area contributed by atoms with Crippen LogP contribution >= 0.6 is 0 Å². The molecule has 26 heavy (non-hydrogen) atoms. The van der Waals surface area contributed by atoms with Gasteiger partial charge in [-0.25, -0.2) is 0 Å². The van der Waals surface area contributed by atoms with E-state index in [1.807, 2.05) is 42.5 Å². The van der Waals surface area contributed by atoms with Crippen LogP contribution in [0.5, 0.6) is 0 Å². The highest BCUT2D eigenvalue weighted by Crippen LogP contribution is 2.19. The molecule has 2 aromatic carbocycles. The maximum atomic E-state index is 12.2. The van der Waals surface area contributed by atoms with Gasteiger partial charge in [-0.3, -0.25) is 9.59 Å². The minimum absolute atomic E-state index is 0.0162. The van der Waals surface area contributed by atoms with Crippen molar-refractivity contribution in [1.82, 2.24) is 10.6 Å². The van der Waals surface area contributed by atoms with Crippen molar-refractivity contribution in [2.24, 2.45) is 5.92 Å². The van der Waals surface area contributed by atoms with E-state index < -0.39 is 0 Å². The second-order valence-electron chi connectivity index (χ2n) is 6.97. The third-order valence-corrected chi connectivity index (χ3v) is 4.86. The molecule has 1 aliphatic heterocycles. The molecule has 1 aliphatic rings. The minimum atomic E-state index is -0.143. The Balaban J connectivity index is 1.44. The Bertz CT molecular complexity index is 769. The normalized spacial score (nSPS) is 19.9. The Kier molecular flexibility index (Phi) is 6.23. The number of rotatable bonds is 6. The molecule has 1 saturated heterocycles. The van der Waals surface area contributed by atoms with E-state index in [2.05, 4.69) is 17.6 Å². The van der Waals surface area contributed by atoms with Crippen LogP contribution in [-0.4, -0.2) is 37.6 Å². The van der Waals surface area contributed by atoms with Crippen molar-refractivity contribution in [2.45, 2.75) is 32.3 Å².